The Morgan fingerprint density at radius 3 is 1.98 bits per heavy atom. The maximum absolute atomic E-state index is 6.82. The van der Waals surface area contributed by atoms with E-state index >= 15 is 0 Å². The molecule has 0 amide bonds. The molecule has 2 aliphatic heterocycles. The van der Waals surface area contributed by atoms with Crippen LogP contribution in [0.2, 0.25) is 0 Å². The second kappa shape index (κ2) is 8.37. The summed E-state index contributed by atoms with van der Waals surface area (Å²) in [6, 6.07) is 47.7. The Hall–Kier alpha value is -5.94. The molecule has 0 N–H and O–H groups in total. The van der Waals surface area contributed by atoms with Gasteiger partial charge in [0, 0.05) is 32.9 Å². The van der Waals surface area contributed by atoms with E-state index in [0.29, 0.717) is 0 Å². The first-order valence-electron chi connectivity index (χ1n) is 15.4. The van der Waals surface area contributed by atoms with Gasteiger partial charge in [-0.05, 0) is 65.1 Å². The van der Waals surface area contributed by atoms with E-state index in [1.54, 1.807) is 0 Å². The topological polar surface area (TPSA) is 34.5 Å². The number of anilines is 3. The van der Waals surface area contributed by atoms with Crippen LogP contribution >= 0.6 is 0 Å². The minimum atomic E-state index is -0.00443. The van der Waals surface area contributed by atoms with Gasteiger partial charge in [-0.25, -0.2) is 0 Å². The smallest absolute Gasteiger partial charge is 0.294 e. The highest BCUT2D eigenvalue weighted by atomic mass is 16.3. The van der Waals surface area contributed by atoms with Crippen molar-refractivity contribution in [3.63, 3.8) is 0 Å². The summed E-state index contributed by atoms with van der Waals surface area (Å²) in [5.74, 6) is 0. The SMILES string of the molecule is c1ccc2c(c1)B1c3oc4ccccc4c3N(c3coc4ccccc34)c3cc(-n4c5ccccc5c5ccccc54)cc-2c31. The largest absolute Gasteiger partial charge is 0.468 e. The molecule has 6 aromatic carbocycles. The van der Waals surface area contributed by atoms with E-state index in [0.717, 1.165) is 50.3 Å². The van der Waals surface area contributed by atoms with Gasteiger partial charge in [0.2, 0.25) is 0 Å². The van der Waals surface area contributed by atoms with Crippen LogP contribution < -0.4 is 21.5 Å². The summed E-state index contributed by atoms with van der Waals surface area (Å²) in [4.78, 5) is 2.39. The monoisotopic (exact) mass is 574 g/mol. The van der Waals surface area contributed by atoms with Gasteiger partial charge < -0.3 is 18.3 Å². The maximum Gasteiger partial charge on any atom is 0.294 e. The van der Waals surface area contributed by atoms with Crippen LogP contribution in [0, 0.1) is 0 Å². The van der Waals surface area contributed by atoms with Gasteiger partial charge in [-0.3, -0.25) is 0 Å². The number of rotatable bonds is 2. The fourth-order valence-electron chi connectivity index (χ4n) is 8.07. The third kappa shape index (κ3) is 2.93. The van der Waals surface area contributed by atoms with E-state index in [1.807, 2.05) is 18.4 Å². The van der Waals surface area contributed by atoms with Crippen LogP contribution in [-0.4, -0.2) is 11.3 Å². The highest BCUT2D eigenvalue weighted by molar-refractivity contribution is 7.01. The highest BCUT2D eigenvalue weighted by Crippen LogP contribution is 2.48. The van der Waals surface area contributed by atoms with Gasteiger partial charge in [0.1, 0.15) is 17.4 Å². The Labute approximate surface area is 258 Å². The molecule has 0 fully saturated rings. The van der Waals surface area contributed by atoms with Crippen molar-refractivity contribution >= 4 is 84.1 Å². The van der Waals surface area contributed by atoms with Crippen LogP contribution in [0.3, 0.4) is 0 Å². The van der Waals surface area contributed by atoms with Gasteiger partial charge in [-0.1, -0.05) is 90.4 Å². The molecule has 4 nitrogen and oxygen atoms in total. The van der Waals surface area contributed by atoms with E-state index < -0.39 is 0 Å². The lowest BCUT2D eigenvalue weighted by atomic mass is 9.39. The summed E-state index contributed by atoms with van der Waals surface area (Å²) in [6.07, 6.45) is 1.90. The van der Waals surface area contributed by atoms with Gasteiger partial charge in [0.25, 0.3) is 6.71 Å². The molecule has 9 aromatic rings. The zero-order chi connectivity index (χ0) is 29.2. The number of benzene rings is 6. The number of furan rings is 2. The van der Waals surface area contributed by atoms with Gasteiger partial charge in [-0.2, -0.15) is 0 Å². The molecule has 45 heavy (non-hydrogen) atoms. The van der Waals surface area contributed by atoms with Crippen molar-refractivity contribution in [2.75, 3.05) is 4.90 Å². The second-order valence-corrected chi connectivity index (χ2v) is 12.1. The van der Waals surface area contributed by atoms with Gasteiger partial charge in [-0.15, -0.1) is 0 Å². The quantitative estimate of drug-likeness (QED) is 0.194. The predicted molar refractivity (Wildman–Crippen MR) is 185 cm³/mol. The Morgan fingerprint density at radius 1 is 0.533 bits per heavy atom. The lowest BCUT2D eigenvalue weighted by Gasteiger charge is -2.33. The Kier molecular flexibility index (Phi) is 4.37. The number of para-hydroxylation sites is 4. The summed E-state index contributed by atoms with van der Waals surface area (Å²) in [6.45, 7) is -0.00443. The van der Waals surface area contributed by atoms with Crippen LogP contribution in [0.4, 0.5) is 17.1 Å². The molecular weight excluding hydrogens is 551 g/mol. The Morgan fingerprint density at radius 2 is 1.18 bits per heavy atom. The van der Waals surface area contributed by atoms with Crippen LogP contribution in [0.25, 0.3) is 60.6 Å². The minimum Gasteiger partial charge on any atom is -0.468 e. The fraction of sp³-hybridized carbons (Fsp3) is 0. The van der Waals surface area contributed by atoms with Crippen LogP contribution in [0.15, 0.2) is 149 Å². The van der Waals surface area contributed by atoms with Crippen LogP contribution in [-0.2, 0) is 0 Å². The molecule has 0 saturated carbocycles. The van der Waals surface area contributed by atoms with Crippen molar-refractivity contribution in [2.24, 2.45) is 0 Å². The summed E-state index contributed by atoms with van der Waals surface area (Å²) in [5, 5.41) is 4.66. The molecule has 0 spiro atoms. The van der Waals surface area contributed by atoms with E-state index in [4.69, 9.17) is 8.83 Å². The molecule has 3 aromatic heterocycles. The van der Waals surface area contributed by atoms with Crippen molar-refractivity contribution in [1.29, 1.82) is 0 Å². The van der Waals surface area contributed by atoms with Crippen molar-refractivity contribution in [1.82, 2.24) is 4.57 Å². The van der Waals surface area contributed by atoms with E-state index in [-0.39, 0.29) is 6.71 Å². The summed E-state index contributed by atoms with van der Waals surface area (Å²) >= 11 is 0. The molecule has 208 valence electrons. The van der Waals surface area contributed by atoms with Gasteiger partial charge in [0.15, 0.2) is 0 Å². The van der Waals surface area contributed by atoms with Crippen LogP contribution in [0.5, 0.6) is 0 Å². The lowest BCUT2D eigenvalue weighted by molar-refractivity contribution is 0.616. The standard InChI is InChI=1S/C40H23BN2O2/c1-6-16-31-25(11-1)30-21-24(42-32-17-7-2-12-26(32)27-13-3-8-18-33(27)42)22-34-38(30)41(31)40-39(29-15-5-10-20-37(29)45-40)43(34)35-23-44-36-19-9-4-14-28(35)36/h1-23H. The number of aromatic nitrogens is 1. The maximum atomic E-state index is 6.82. The molecule has 2 aliphatic rings. The number of fused-ring (bicyclic) bond motifs is 11. The molecular formula is C40H23BN2O2. The molecule has 0 aliphatic carbocycles. The zero-order valence-corrected chi connectivity index (χ0v) is 24.1. The zero-order valence-electron chi connectivity index (χ0n) is 24.1. The predicted octanol–water partition coefficient (Wildman–Crippen LogP) is 8.56. The highest BCUT2D eigenvalue weighted by Gasteiger charge is 2.46. The van der Waals surface area contributed by atoms with Crippen molar-refractivity contribution in [3.8, 4) is 16.8 Å². The first-order chi connectivity index (χ1) is 22.3. The van der Waals surface area contributed by atoms with Gasteiger partial charge >= 0.3 is 0 Å². The number of hydrogen-bond acceptors (Lipinski definition) is 3. The molecule has 0 bridgehead atoms. The number of nitrogens with zero attached hydrogens (tertiary/aromatic N) is 2. The summed E-state index contributed by atoms with van der Waals surface area (Å²) in [7, 11) is 0. The van der Waals surface area contributed by atoms with Crippen molar-refractivity contribution in [3.05, 3.63) is 140 Å². The molecule has 0 radical (unpaired) electrons. The summed E-state index contributed by atoms with van der Waals surface area (Å²) < 4.78 is 15.4. The van der Waals surface area contributed by atoms with Gasteiger partial charge in [0.05, 0.1) is 28.1 Å². The summed E-state index contributed by atoms with van der Waals surface area (Å²) in [5.41, 5.74) is 14.5. The molecule has 0 atom stereocenters. The molecule has 5 heterocycles. The Bertz CT molecular complexity index is 2640. The van der Waals surface area contributed by atoms with E-state index in [2.05, 4.69) is 131 Å². The number of hydrogen-bond donors (Lipinski definition) is 0. The van der Waals surface area contributed by atoms with Crippen molar-refractivity contribution in [2.45, 2.75) is 0 Å². The fourth-order valence-corrected chi connectivity index (χ4v) is 8.07. The molecule has 0 unspecified atom stereocenters. The lowest BCUT2D eigenvalue weighted by Crippen LogP contribution is -2.54. The average molecular weight is 574 g/mol. The van der Waals surface area contributed by atoms with Crippen LogP contribution in [0.1, 0.15) is 0 Å². The van der Waals surface area contributed by atoms with Crippen molar-refractivity contribution < 1.29 is 8.83 Å². The average Bonchev–Trinajstić information content (AvgIpc) is 3.85. The first kappa shape index (κ1) is 23.5. The van der Waals surface area contributed by atoms with E-state index in [9.17, 15) is 0 Å². The normalized spacial score (nSPS) is 13.2. The minimum absolute atomic E-state index is 0.00443. The van der Waals surface area contributed by atoms with E-state index in [1.165, 1.54) is 43.9 Å². The Balaban J connectivity index is 1.32. The second-order valence-electron chi connectivity index (χ2n) is 12.1. The third-order valence-electron chi connectivity index (χ3n) is 9.86. The third-order valence-corrected chi connectivity index (χ3v) is 9.86. The molecule has 5 heteroatoms. The molecule has 11 rings (SSSR count). The molecule has 0 saturated heterocycles. The first-order valence-corrected chi connectivity index (χ1v) is 15.4.